The topological polar surface area (TPSA) is 33.2 Å². The molecule has 0 aliphatic carbocycles. The average molecular weight is 294 g/mol. The van der Waals surface area contributed by atoms with Gasteiger partial charge in [-0.05, 0) is 31.3 Å². The van der Waals surface area contributed by atoms with Gasteiger partial charge in [-0.1, -0.05) is 13.8 Å². The Morgan fingerprint density at radius 2 is 2.00 bits per heavy atom. The Labute approximate surface area is 114 Å². The van der Waals surface area contributed by atoms with E-state index in [2.05, 4.69) is 4.37 Å². The first-order valence-electron chi connectivity index (χ1n) is 5.92. The predicted molar refractivity (Wildman–Crippen MR) is 68.2 cm³/mol. The molecule has 0 aromatic carbocycles. The Morgan fingerprint density at radius 1 is 1.42 bits per heavy atom. The van der Waals surface area contributed by atoms with Gasteiger partial charge in [0.05, 0.1) is 11.3 Å². The molecule has 0 spiro atoms. The molecule has 0 saturated heterocycles. The first-order chi connectivity index (χ1) is 8.63. The molecule has 1 heterocycles. The Balaban J connectivity index is 3.03. The van der Waals surface area contributed by atoms with Crippen LogP contribution in [0, 0.1) is 12.8 Å². The number of halogens is 3. The van der Waals surface area contributed by atoms with Gasteiger partial charge in [0.15, 0.2) is 0 Å². The summed E-state index contributed by atoms with van der Waals surface area (Å²) in [4.78, 5) is 13.1. The number of carbonyl (C=O) groups is 1. The van der Waals surface area contributed by atoms with E-state index in [-0.39, 0.29) is 11.5 Å². The molecule has 108 valence electrons. The van der Waals surface area contributed by atoms with E-state index in [1.807, 2.05) is 0 Å². The van der Waals surface area contributed by atoms with Gasteiger partial charge >= 0.3 is 6.18 Å². The Kier molecular flexibility index (Phi) is 4.95. The highest BCUT2D eigenvalue weighted by atomic mass is 32.1. The number of rotatable bonds is 4. The summed E-state index contributed by atoms with van der Waals surface area (Å²) < 4.78 is 41.8. The number of nitrogens with zero attached hydrogens (tertiary/aromatic N) is 2. The lowest BCUT2D eigenvalue weighted by Gasteiger charge is -2.32. The van der Waals surface area contributed by atoms with Crippen molar-refractivity contribution in [3.8, 4) is 0 Å². The molecule has 19 heavy (non-hydrogen) atoms. The number of amides is 1. The van der Waals surface area contributed by atoms with Crippen molar-refractivity contribution >= 4 is 17.4 Å². The Morgan fingerprint density at radius 3 is 2.37 bits per heavy atom. The molecule has 1 aromatic heterocycles. The molecule has 1 atom stereocenters. The van der Waals surface area contributed by atoms with E-state index in [9.17, 15) is 18.0 Å². The van der Waals surface area contributed by atoms with Crippen molar-refractivity contribution in [1.29, 1.82) is 0 Å². The van der Waals surface area contributed by atoms with Crippen LogP contribution < -0.4 is 0 Å². The maximum absolute atomic E-state index is 12.6. The van der Waals surface area contributed by atoms with Gasteiger partial charge in [0.1, 0.15) is 6.54 Å². The van der Waals surface area contributed by atoms with Crippen molar-refractivity contribution in [2.24, 2.45) is 5.92 Å². The summed E-state index contributed by atoms with van der Waals surface area (Å²) in [6.07, 6.45) is -4.41. The highest BCUT2D eigenvalue weighted by molar-refractivity contribution is 7.03. The smallest absolute Gasteiger partial charge is 0.326 e. The number of aryl methyl sites for hydroxylation is 1. The molecule has 1 unspecified atom stereocenters. The molecule has 0 aliphatic rings. The van der Waals surface area contributed by atoms with Crippen LogP contribution in [0.25, 0.3) is 0 Å². The van der Waals surface area contributed by atoms with Crippen LogP contribution in [0.15, 0.2) is 5.38 Å². The minimum Gasteiger partial charge on any atom is -0.326 e. The van der Waals surface area contributed by atoms with E-state index in [0.29, 0.717) is 5.69 Å². The van der Waals surface area contributed by atoms with Crippen molar-refractivity contribution in [1.82, 2.24) is 9.27 Å². The van der Waals surface area contributed by atoms with Crippen LogP contribution in [0.3, 0.4) is 0 Å². The van der Waals surface area contributed by atoms with Gasteiger partial charge in [0, 0.05) is 11.4 Å². The molecular formula is C12H17F3N2OS. The minimum atomic E-state index is -4.41. The lowest BCUT2D eigenvalue weighted by atomic mass is 10.0. The van der Waals surface area contributed by atoms with Crippen LogP contribution in [0.5, 0.6) is 0 Å². The van der Waals surface area contributed by atoms with Crippen LogP contribution in [0.4, 0.5) is 13.2 Å². The first kappa shape index (κ1) is 15.9. The third-order valence-corrected chi connectivity index (χ3v) is 3.77. The van der Waals surface area contributed by atoms with Crippen LogP contribution in [-0.4, -0.2) is 33.9 Å². The van der Waals surface area contributed by atoms with Crippen molar-refractivity contribution in [2.75, 3.05) is 6.54 Å². The summed E-state index contributed by atoms with van der Waals surface area (Å²) in [6, 6.07) is -0.492. The molecule has 0 aliphatic heterocycles. The molecule has 1 aromatic rings. The van der Waals surface area contributed by atoms with Gasteiger partial charge in [0.2, 0.25) is 0 Å². The molecular weight excluding hydrogens is 277 g/mol. The monoisotopic (exact) mass is 294 g/mol. The number of hydrogen-bond donors (Lipinski definition) is 0. The second-order valence-electron chi connectivity index (χ2n) is 4.85. The summed E-state index contributed by atoms with van der Waals surface area (Å²) in [6.45, 7) is 5.60. The highest BCUT2D eigenvalue weighted by Gasteiger charge is 2.37. The maximum atomic E-state index is 12.6. The lowest BCUT2D eigenvalue weighted by Crippen LogP contribution is -2.46. The molecule has 0 saturated carbocycles. The number of carbonyl (C=O) groups excluding carboxylic acids is 1. The zero-order valence-electron chi connectivity index (χ0n) is 11.3. The Hall–Kier alpha value is -1.11. The van der Waals surface area contributed by atoms with E-state index in [0.717, 1.165) is 16.4 Å². The summed E-state index contributed by atoms with van der Waals surface area (Å²) in [7, 11) is 0. The normalized spacial score (nSPS) is 13.7. The van der Waals surface area contributed by atoms with Crippen LogP contribution >= 0.6 is 11.5 Å². The molecule has 7 heteroatoms. The van der Waals surface area contributed by atoms with Crippen molar-refractivity contribution in [3.63, 3.8) is 0 Å². The van der Waals surface area contributed by atoms with E-state index >= 15 is 0 Å². The maximum Gasteiger partial charge on any atom is 0.406 e. The molecule has 1 amide bonds. The van der Waals surface area contributed by atoms with Crippen molar-refractivity contribution in [2.45, 2.75) is 39.9 Å². The average Bonchev–Trinajstić information content (AvgIpc) is 2.69. The Bertz CT molecular complexity index is 442. The quantitative estimate of drug-likeness (QED) is 0.851. The van der Waals surface area contributed by atoms with Crippen molar-refractivity contribution < 1.29 is 18.0 Å². The minimum absolute atomic E-state index is 0.0572. The number of hydrogen-bond acceptors (Lipinski definition) is 3. The highest BCUT2D eigenvalue weighted by Crippen LogP contribution is 2.23. The van der Waals surface area contributed by atoms with Gasteiger partial charge in [0.25, 0.3) is 5.91 Å². The molecule has 1 rings (SSSR count). The van der Waals surface area contributed by atoms with E-state index < -0.39 is 24.7 Å². The number of alkyl halides is 3. The molecule has 0 fully saturated rings. The summed E-state index contributed by atoms with van der Waals surface area (Å²) in [5.41, 5.74) is 0.722. The standard InChI is InChI=1S/C12H17F3N2OS/c1-7(2)9(4)17(6-12(13,14)15)11(18)10-5-19-16-8(10)3/h5,7,9H,6H2,1-4H3. The lowest BCUT2D eigenvalue weighted by molar-refractivity contribution is -0.145. The SMILES string of the molecule is Cc1nscc1C(=O)N(CC(F)(F)F)C(C)C(C)C. The fourth-order valence-electron chi connectivity index (χ4n) is 1.61. The van der Waals surface area contributed by atoms with Gasteiger partial charge in [-0.3, -0.25) is 4.79 Å². The second kappa shape index (κ2) is 5.90. The summed E-state index contributed by atoms with van der Waals surface area (Å²) in [5.74, 6) is -0.664. The molecule has 0 bridgehead atoms. The van der Waals surface area contributed by atoms with E-state index in [4.69, 9.17) is 0 Å². The zero-order valence-corrected chi connectivity index (χ0v) is 12.1. The first-order valence-corrected chi connectivity index (χ1v) is 6.76. The molecule has 3 nitrogen and oxygen atoms in total. The predicted octanol–water partition coefficient (Wildman–Crippen LogP) is 3.50. The third-order valence-electron chi connectivity index (χ3n) is 3.05. The summed E-state index contributed by atoms with van der Waals surface area (Å²) >= 11 is 1.07. The van der Waals surface area contributed by atoms with Crippen LogP contribution in [-0.2, 0) is 0 Å². The van der Waals surface area contributed by atoms with Crippen LogP contribution in [0.2, 0.25) is 0 Å². The molecule has 0 N–H and O–H groups in total. The van der Waals surface area contributed by atoms with Gasteiger partial charge < -0.3 is 4.90 Å². The summed E-state index contributed by atoms with van der Waals surface area (Å²) in [5, 5.41) is 1.49. The third kappa shape index (κ3) is 4.19. The van der Waals surface area contributed by atoms with Crippen LogP contribution in [0.1, 0.15) is 36.8 Å². The van der Waals surface area contributed by atoms with E-state index in [1.54, 1.807) is 27.7 Å². The fraction of sp³-hybridized carbons (Fsp3) is 0.667. The zero-order chi connectivity index (χ0) is 14.8. The molecule has 0 radical (unpaired) electrons. The second-order valence-corrected chi connectivity index (χ2v) is 5.48. The van der Waals surface area contributed by atoms with Crippen molar-refractivity contribution in [3.05, 3.63) is 16.6 Å². The largest absolute Gasteiger partial charge is 0.406 e. The van der Waals surface area contributed by atoms with Gasteiger partial charge in [-0.2, -0.15) is 17.5 Å². The van der Waals surface area contributed by atoms with Gasteiger partial charge in [-0.15, -0.1) is 0 Å². The fourth-order valence-corrected chi connectivity index (χ4v) is 2.29. The van der Waals surface area contributed by atoms with Gasteiger partial charge in [-0.25, -0.2) is 0 Å². The number of aromatic nitrogens is 1. The van der Waals surface area contributed by atoms with E-state index in [1.165, 1.54) is 5.38 Å².